The molecule has 0 amide bonds. The van der Waals surface area contributed by atoms with Crippen LogP contribution in [0.1, 0.15) is 53.9 Å². The molecule has 1 aliphatic heterocycles. The molecule has 0 aromatic rings. The zero-order valence-electron chi connectivity index (χ0n) is 11.7. The number of carboxylic acid groups (broad SMARTS) is 1. The molecule has 0 atom stereocenters. The molecule has 1 aliphatic rings. The van der Waals surface area contributed by atoms with Gasteiger partial charge in [0.2, 0.25) is 0 Å². The lowest BCUT2D eigenvalue weighted by atomic mass is 9.64. The van der Waals surface area contributed by atoms with Gasteiger partial charge in [0.15, 0.2) is 0 Å². The Labute approximate surface area is 104 Å². The van der Waals surface area contributed by atoms with Crippen LogP contribution in [-0.2, 0) is 4.79 Å². The molecule has 2 N–H and O–H groups in total. The predicted molar refractivity (Wildman–Crippen MR) is 69.8 cm³/mol. The number of hydrogen-bond donors (Lipinski definition) is 2. The lowest BCUT2D eigenvalue weighted by Gasteiger charge is -2.43. The fourth-order valence-corrected chi connectivity index (χ4v) is 2.36. The van der Waals surface area contributed by atoms with E-state index in [2.05, 4.69) is 12.2 Å². The van der Waals surface area contributed by atoms with Crippen LogP contribution < -0.4 is 5.32 Å². The summed E-state index contributed by atoms with van der Waals surface area (Å²) in [6.07, 6.45) is 3.25. The summed E-state index contributed by atoms with van der Waals surface area (Å²) in [5, 5.41) is 12.9. The van der Waals surface area contributed by atoms with Crippen molar-refractivity contribution in [2.45, 2.75) is 53.9 Å². The standard InChI is InChI=1S/C14H25NO2/c1-6-10-8-7-9-15-11(10)13(2,3)14(4,5)12(16)17/h15H,6-9H2,1-5H3,(H,16,17). The minimum Gasteiger partial charge on any atom is -0.481 e. The van der Waals surface area contributed by atoms with Gasteiger partial charge in [0.1, 0.15) is 0 Å². The first-order chi connectivity index (χ1) is 7.75. The molecule has 3 nitrogen and oxygen atoms in total. The van der Waals surface area contributed by atoms with Gasteiger partial charge in [-0.3, -0.25) is 4.79 Å². The van der Waals surface area contributed by atoms with E-state index in [9.17, 15) is 9.90 Å². The van der Waals surface area contributed by atoms with Crippen LogP contribution in [-0.4, -0.2) is 17.6 Å². The minimum atomic E-state index is -0.771. The van der Waals surface area contributed by atoms with Crippen LogP contribution in [0, 0.1) is 10.8 Å². The number of aliphatic carboxylic acids is 1. The fraction of sp³-hybridized carbons (Fsp3) is 0.786. The predicted octanol–water partition coefficient (Wildman–Crippen LogP) is 3.17. The maximum Gasteiger partial charge on any atom is 0.310 e. The van der Waals surface area contributed by atoms with Gasteiger partial charge >= 0.3 is 5.97 Å². The summed E-state index contributed by atoms with van der Waals surface area (Å²) in [5.41, 5.74) is 1.40. The fourth-order valence-electron chi connectivity index (χ4n) is 2.36. The third-order valence-corrected chi connectivity index (χ3v) is 4.46. The van der Waals surface area contributed by atoms with Crippen molar-refractivity contribution < 1.29 is 9.90 Å². The normalized spacial score (nSPS) is 17.9. The number of allylic oxidation sites excluding steroid dienone is 2. The SMILES string of the molecule is CCC1=C(C(C)(C)C(C)(C)C(=O)O)NCCC1. The van der Waals surface area contributed by atoms with Crippen LogP contribution in [0.3, 0.4) is 0 Å². The second kappa shape index (κ2) is 4.71. The van der Waals surface area contributed by atoms with Crippen LogP contribution in [0.25, 0.3) is 0 Å². The molecule has 0 radical (unpaired) electrons. The molecule has 98 valence electrons. The molecule has 3 heteroatoms. The van der Waals surface area contributed by atoms with E-state index >= 15 is 0 Å². The summed E-state index contributed by atoms with van der Waals surface area (Å²) in [5.74, 6) is -0.738. The minimum absolute atomic E-state index is 0.370. The van der Waals surface area contributed by atoms with Crippen molar-refractivity contribution >= 4 is 5.97 Å². The summed E-state index contributed by atoms with van der Waals surface area (Å²) >= 11 is 0. The molecule has 0 aliphatic carbocycles. The molecule has 0 saturated heterocycles. The maximum atomic E-state index is 11.5. The van der Waals surface area contributed by atoms with Gasteiger partial charge in [-0.2, -0.15) is 0 Å². The van der Waals surface area contributed by atoms with Crippen LogP contribution in [0.2, 0.25) is 0 Å². The van der Waals surface area contributed by atoms with E-state index in [0.29, 0.717) is 0 Å². The van der Waals surface area contributed by atoms with Gasteiger partial charge < -0.3 is 10.4 Å². The number of carboxylic acids is 1. The average Bonchev–Trinajstić information content (AvgIpc) is 2.28. The van der Waals surface area contributed by atoms with Gasteiger partial charge in [-0.15, -0.1) is 0 Å². The van der Waals surface area contributed by atoms with E-state index in [1.54, 1.807) is 0 Å². The van der Waals surface area contributed by atoms with Gasteiger partial charge in [0.25, 0.3) is 0 Å². The topological polar surface area (TPSA) is 49.3 Å². The van der Waals surface area contributed by atoms with Crippen molar-refractivity contribution in [3.8, 4) is 0 Å². The number of carbonyl (C=O) groups is 1. The number of nitrogens with one attached hydrogen (secondary N) is 1. The third kappa shape index (κ3) is 2.33. The Hall–Kier alpha value is -0.990. The van der Waals surface area contributed by atoms with Gasteiger partial charge in [0, 0.05) is 17.7 Å². The highest BCUT2D eigenvalue weighted by molar-refractivity contribution is 5.75. The molecule has 0 aromatic heterocycles. The first-order valence-electron chi connectivity index (χ1n) is 6.45. The van der Waals surface area contributed by atoms with E-state index in [4.69, 9.17) is 0 Å². The Balaban J connectivity index is 3.20. The van der Waals surface area contributed by atoms with Crippen molar-refractivity contribution in [2.75, 3.05) is 6.54 Å². The van der Waals surface area contributed by atoms with E-state index in [1.807, 2.05) is 27.7 Å². The third-order valence-electron chi connectivity index (χ3n) is 4.46. The van der Waals surface area contributed by atoms with E-state index in [-0.39, 0.29) is 5.41 Å². The second-order valence-corrected chi connectivity index (χ2v) is 5.92. The highest BCUT2D eigenvalue weighted by Crippen LogP contribution is 2.46. The van der Waals surface area contributed by atoms with Crippen molar-refractivity contribution in [1.29, 1.82) is 0 Å². The first kappa shape index (κ1) is 14.1. The molecule has 0 aromatic carbocycles. The summed E-state index contributed by atoms with van der Waals surface area (Å²) in [4.78, 5) is 11.5. The van der Waals surface area contributed by atoms with E-state index in [0.717, 1.165) is 31.5 Å². The molecule has 0 saturated carbocycles. The summed E-state index contributed by atoms with van der Waals surface area (Å²) < 4.78 is 0. The molecule has 17 heavy (non-hydrogen) atoms. The van der Waals surface area contributed by atoms with Crippen molar-refractivity contribution in [1.82, 2.24) is 5.32 Å². The molecule has 0 spiro atoms. The summed E-state index contributed by atoms with van der Waals surface area (Å²) in [6, 6.07) is 0. The van der Waals surface area contributed by atoms with Crippen molar-refractivity contribution in [3.63, 3.8) is 0 Å². The summed E-state index contributed by atoms with van der Waals surface area (Å²) in [6.45, 7) is 10.8. The zero-order valence-corrected chi connectivity index (χ0v) is 11.7. The van der Waals surface area contributed by atoms with Crippen molar-refractivity contribution in [3.05, 3.63) is 11.3 Å². The number of rotatable bonds is 4. The molecular weight excluding hydrogens is 214 g/mol. The Morgan fingerprint density at radius 3 is 2.41 bits per heavy atom. The first-order valence-corrected chi connectivity index (χ1v) is 6.45. The molecule has 0 bridgehead atoms. The van der Waals surface area contributed by atoms with Crippen LogP contribution in [0.4, 0.5) is 0 Å². The van der Waals surface area contributed by atoms with E-state index in [1.165, 1.54) is 5.57 Å². The average molecular weight is 239 g/mol. The summed E-state index contributed by atoms with van der Waals surface area (Å²) in [7, 11) is 0. The molecule has 1 heterocycles. The van der Waals surface area contributed by atoms with Crippen molar-refractivity contribution in [2.24, 2.45) is 10.8 Å². The maximum absolute atomic E-state index is 11.5. The van der Waals surface area contributed by atoms with Crippen LogP contribution in [0.15, 0.2) is 11.3 Å². The lowest BCUT2D eigenvalue weighted by molar-refractivity contribution is -0.152. The molecule has 0 unspecified atom stereocenters. The highest BCUT2D eigenvalue weighted by Gasteiger charge is 2.46. The zero-order chi connectivity index (χ0) is 13.3. The van der Waals surface area contributed by atoms with Crippen LogP contribution in [0.5, 0.6) is 0 Å². The quantitative estimate of drug-likeness (QED) is 0.792. The monoisotopic (exact) mass is 239 g/mol. The number of hydrogen-bond acceptors (Lipinski definition) is 2. The molecule has 0 fully saturated rings. The highest BCUT2D eigenvalue weighted by atomic mass is 16.4. The van der Waals surface area contributed by atoms with Gasteiger partial charge in [0.05, 0.1) is 5.41 Å². The van der Waals surface area contributed by atoms with Crippen LogP contribution >= 0.6 is 0 Å². The van der Waals surface area contributed by atoms with E-state index < -0.39 is 11.4 Å². The van der Waals surface area contributed by atoms with Gasteiger partial charge in [-0.25, -0.2) is 0 Å². The van der Waals surface area contributed by atoms with Gasteiger partial charge in [-0.05, 0) is 33.1 Å². The Morgan fingerprint density at radius 2 is 1.94 bits per heavy atom. The molecular formula is C14H25NO2. The Morgan fingerprint density at radius 1 is 1.35 bits per heavy atom. The molecule has 1 rings (SSSR count). The Bertz CT molecular complexity index is 340. The largest absolute Gasteiger partial charge is 0.481 e. The second-order valence-electron chi connectivity index (χ2n) is 5.92. The smallest absolute Gasteiger partial charge is 0.310 e. The lowest BCUT2D eigenvalue weighted by Crippen LogP contribution is -2.46. The van der Waals surface area contributed by atoms with Gasteiger partial charge in [-0.1, -0.05) is 26.3 Å². The Kier molecular flexibility index (Phi) is 3.90.